The van der Waals surface area contributed by atoms with Crippen LogP contribution in [-0.4, -0.2) is 33.6 Å². The van der Waals surface area contributed by atoms with Gasteiger partial charge in [0.15, 0.2) is 0 Å². The van der Waals surface area contributed by atoms with E-state index in [-0.39, 0.29) is 18.0 Å². The van der Waals surface area contributed by atoms with Gasteiger partial charge in [-0.1, -0.05) is 42.6 Å². The number of amides is 1. The van der Waals surface area contributed by atoms with E-state index in [2.05, 4.69) is 45.8 Å². The summed E-state index contributed by atoms with van der Waals surface area (Å²) in [4.78, 5) is 18.9. The molecule has 0 radical (unpaired) electrons. The molecule has 1 aromatic carbocycles. The standard InChI is InChI=1S/C22H27FN4OS/c1-14-11-15-5-2-3-7-18(15)21-16(6-4-8-19(24)22(28)27(14)21)13-29-26-17-9-10-20(23)25-12-17/h2-3,5,7,9-10,12,14,16,19,21,26H,4,6,8,11,13,24H2,1H3/t14-,16?,19?,21-/m0/s1. The molecule has 0 saturated carbocycles. The van der Waals surface area contributed by atoms with Crippen molar-refractivity contribution < 1.29 is 9.18 Å². The van der Waals surface area contributed by atoms with E-state index in [0.29, 0.717) is 5.92 Å². The highest BCUT2D eigenvalue weighted by Gasteiger charge is 2.42. The molecule has 3 N–H and O–H groups in total. The lowest BCUT2D eigenvalue weighted by Gasteiger charge is -2.47. The van der Waals surface area contributed by atoms with Crippen molar-refractivity contribution in [1.29, 1.82) is 0 Å². The number of carbonyl (C=O) groups excluding carboxylic acids is 1. The molecule has 0 aliphatic carbocycles. The summed E-state index contributed by atoms with van der Waals surface area (Å²) in [6, 6.07) is 11.3. The number of aromatic nitrogens is 1. The average Bonchev–Trinajstić information content (AvgIpc) is 2.71. The van der Waals surface area contributed by atoms with Crippen LogP contribution in [0.4, 0.5) is 10.1 Å². The van der Waals surface area contributed by atoms with Gasteiger partial charge in [-0.15, -0.1) is 0 Å². The third-order valence-electron chi connectivity index (χ3n) is 5.99. The number of nitrogens with two attached hydrogens (primary N) is 1. The lowest BCUT2D eigenvalue weighted by Crippen LogP contribution is -2.55. The maximum Gasteiger partial charge on any atom is 0.240 e. The SMILES string of the molecule is C[C@H]1Cc2ccccc2[C@@H]2C(CSNc3ccc(F)nc3)CCCC(N)C(=O)N21. The minimum atomic E-state index is -0.487. The fourth-order valence-corrected chi connectivity index (χ4v) is 5.53. The van der Waals surface area contributed by atoms with E-state index >= 15 is 0 Å². The summed E-state index contributed by atoms with van der Waals surface area (Å²) in [5.74, 6) is 0.727. The highest BCUT2D eigenvalue weighted by Crippen LogP contribution is 2.42. The molecule has 3 heterocycles. The first kappa shape index (κ1) is 20.2. The Morgan fingerprint density at radius 3 is 2.90 bits per heavy atom. The van der Waals surface area contributed by atoms with Crippen LogP contribution >= 0.6 is 11.9 Å². The number of benzene rings is 1. The quantitative estimate of drug-likeness (QED) is 0.586. The number of rotatable bonds is 4. The summed E-state index contributed by atoms with van der Waals surface area (Å²) in [6.07, 6.45) is 5.04. The van der Waals surface area contributed by atoms with E-state index in [1.807, 2.05) is 0 Å². The summed E-state index contributed by atoms with van der Waals surface area (Å²) in [6.45, 7) is 2.13. The van der Waals surface area contributed by atoms with Gasteiger partial charge in [-0.25, -0.2) is 4.98 Å². The summed E-state index contributed by atoms with van der Waals surface area (Å²) >= 11 is 1.59. The van der Waals surface area contributed by atoms with Crippen LogP contribution in [0.5, 0.6) is 0 Å². The Labute approximate surface area is 175 Å². The number of fused-ring (bicyclic) bond motifs is 3. The smallest absolute Gasteiger partial charge is 0.240 e. The van der Waals surface area contributed by atoms with Crippen molar-refractivity contribution in [3.8, 4) is 0 Å². The van der Waals surface area contributed by atoms with Gasteiger partial charge in [0.2, 0.25) is 11.9 Å². The minimum absolute atomic E-state index is 0.0365. The highest BCUT2D eigenvalue weighted by atomic mass is 32.2. The van der Waals surface area contributed by atoms with E-state index in [0.717, 1.165) is 37.1 Å². The van der Waals surface area contributed by atoms with Gasteiger partial charge in [-0.3, -0.25) is 4.79 Å². The second-order valence-electron chi connectivity index (χ2n) is 8.02. The second-order valence-corrected chi connectivity index (χ2v) is 8.85. The summed E-state index contributed by atoms with van der Waals surface area (Å²) < 4.78 is 16.3. The Morgan fingerprint density at radius 1 is 1.28 bits per heavy atom. The third-order valence-corrected chi connectivity index (χ3v) is 6.96. The van der Waals surface area contributed by atoms with E-state index < -0.39 is 12.0 Å². The van der Waals surface area contributed by atoms with Gasteiger partial charge in [0.05, 0.1) is 24.0 Å². The van der Waals surface area contributed by atoms with Crippen molar-refractivity contribution >= 4 is 23.5 Å². The highest BCUT2D eigenvalue weighted by molar-refractivity contribution is 8.00. The molecule has 2 aliphatic rings. The molecular formula is C22H27FN4OS. The van der Waals surface area contributed by atoms with Crippen LogP contribution in [0.15, 0.2) is 42.6 Å². The van der Waals surface area contributed by atoms with E-state index in [9.17, 15) is 9.18 Å². The topological polar surface area (TPSA) is 71.2 Å². The molecule has 7 heteroatoms. The first-order valence-electron chi connectivity index (χ1n) is 10.2. The summed E-state index contributed by atoms with van der Waals surface area (Å²) in [5, 5.41) is 0. The molecule has 5 nitrogen and oxygen atoms in total. The van der Waals surface area contributed by atoms with Crippen LogP contribution in [0.2, 0.25) is 0 Å². The lowest BCUT2D eigenvalue weighted by molar-refractivity contribution is -0.140. The van der Waals surface area contributed by atoms with Crippen LogP contribution in [0.25, 0.3) is 0 Å². The molecular weight excluding hydrogens is 387 g/mol. The largest absolute Gasteiger partial charge is 0.331 e. The van der Waals surface area contributed by atoms with E-state index in [4.69, 9.17) is 5.73 Å². The van der Waals surface area contributed by atoms with E-state index in [1.165, 1.54) is 23.4 Å². The molecule has 2 aromatic rings. The number of carbonyl (C=O) groups is 1. The number of halogens is 1. The van der Waals surface area contributed by atoms with Crippen molar-refractivity contribution in [2.75, 3.05) is 10.5 Å². The van der Waals surface area contributed by atoms with Crippen LogP contribution in [0, 0.1) is 11.9 Å². The first-order valence-corrected chi connectivity index (χ1v) is 11.2. The molecule has 4 rings (SSSR count). The predicted octanol–water partition coefficient (Wildman–Crippen LogP) is 3.92. The van der Waals surface area contributed by atoms with Crippen LogP contribution in [-0.2, 0) is 11.2 Å². The Hall–Kier alpha value is -2.12. The van der Waals surface area contributed by atoms with Gasteiger partial charge in [-0.05, 0) is 55.4 Å². The van der Waals surface area contributed by atoms with Crippen molar-refractivity contribution in [2.24, 2.45) is 11.7 Å². The van der Waals surface area contributed by atoms with Crippen molar-refractivity contribution in [3.05, 3.63) is 59.7 Å². The van der Waals surface area contributed by atoms with Gasteiger partial charge < -0.3 is 15.4 Å². The van der Waals surface area contributed by atoms with Crippen LogP contribution in [0.1, 0.15) is 43.4 Å². The molecule has 1 amide bonds. The molecule has 29 heavy (non-hydrogen) atoms. The number of nitrogens with zero attached hydrogens (tertiary/aromatic N) is 2. The zero-order chi connectivity index (χ0) is 20.4. The zero-order valence-corrected chi connectivity index (χ0v) is 17.4. The summed E-state index contributed by atoms with van der Waals surface area (Å²) in [5.41, 5.74) is 9.58. The van der Waals surface area contributed by atoms with Crippen molar-refractivity contribution in [3.63, 3.8) is 0 Å². The predicted molar refractivity (Wildman–Crippen MR) is 115 cm³/mol. The Bertz CT molecular complexity index is 862. The third kappa shape index (κ3) is 4.26. The van der Waals surface area contributed by atoms with Crippen molar-refractivity contribution in [1.82, 2.24) is 9.88 Å². The van der Waals surface area contributed by atoms with Crippen LogP contribution in [0.3, 0.4) is 0 Å². The molecule has 1 fully saturated rings. The maximum absolute atomic E-state index is 13.2. The maximum atomic E-state index is 13.2. The molecule has 1 aromatic heterocycles. The monoisotopic (exact) mass is 414 g/mol. The average molecular weight is 415 g/mol. The molecule has 4 atom stereocenters. The molecule has 0 bridgehead atoms. The molecule has 0 spiro atoms. The number of anilines is 1. The van der Waals surface area contributed by atoms with Crippen LogP contribution < -0.4 is 10.5 Å². The first-order chi connectivity index (χ1) is 14.0. The van der Waals surface area contributed by atoms with Gasteiger partial charge in [0.1, 0.15) is 0 Å². The fourth-order valence-electron chi connectivity index (χ4n) is 4.60. The number of nitrogens with one attached hydrogen (secondary N) is 1. The Balaban J connectivity index is 1.58. The van der Waals surface area contributed by atoms with Gasteiger partial charge in [0.25, 0.3) is 0 Å². The van der Waals surface area contributed by atoms with E-state index in [1.54, 1.807) is 18.0 Å². The van der Waals surface area contributed by atoms with Crippen molar-refractivity contribution in [2.45, 2.75) is 50.7 Å². The fraction of sp³-hybridized carbons (Fsp3) is 0.455. The second kappa shape index (κ2) is 8.71. The number of hydrogen-bond acceptors (Lipinski definition) is 5. The van der Waals surface area contributed by atoms with Gasteiger partial charge in [0, 0.05) is 11.8 Å². The zero-order valence-electron chi connectivity index (χ0n) is 16.6. The summed E-state index contributed by atoms with van der Waals surface area (Å²) in [7, 11) is 0. The number of hydrogen-bond donors (Lipinski definition) is 2. The van der Waals surface area contributed by atoms with Gasteiger partial charge >= 0.3 is 0 Å². The normalized spacial score (nSPS) is 26.9. The molecule has 154 valence electrons. The van der Waals surface area contributed by atoms with Gasteiger partial charge in [-0.2, -0.15) is 4.39 Å². The minimum Gasteiger partial charge on any atom is -0.331 e. The number of pyridine rings is 1. The Morgan fingerprint density at radius 2 is 2.10 bits per heavy atom. The molecule has 2 aliphatic heterocycles. The molecule has 1 saturated heterocycles. The molecule has 2 unspecified atom stereocenters. The lowest BCUT2D eigenvalue weighted by atomic mass is 9.79. The Kier molecular flexibility index (Phi) is 6.06.